The maximum atomic E-state index is 13.6. The normalized spacial score (nSPS) is 18.9. The van der Waals surface area contributed by atoms with Gasteiger partial charge in [-0.25, -0.2) is 4.39 Å². The summed E-state index contributed by atoms with van der Waals surface area (Å²) in [6.45, 7) is 3.62. The Morgan fingerprint density at radius 1 is 1.30 bits per heavy atom. The monoisotopic (exact) mass is 354 g/mol. The second-order valence-corrected chi connectivity index (χ2v) is 6.61. The van der Waals surface area contributed by atoms with Gasteiger partial charge >= 0.3 is 0 Å². The van der Waals surface area contributed by atoms with Crippen molar-refractivity contribution >= 4 is 23.2 Å². The average Bonchev–Trinajstić information content (AvgIpc) is 3.00. The number of aromatic nitrogens is 1. The molecule has 0 radical (unpaired) electrons. The first kappa shape index (κ1) is 16.5. The van der Waals surface area contributed by atoms with Crippen LogP contribution in [0.2, 0.25) is 10.0 Å². The van der Waals surface area contributed by atoms with Crippen molar-refractivity contribution in [1.29, 1.82) is 0 Å². The molecule has 122 valence electrons. The molecule has 3 rings (SSSR count). The van der Waals surface area contributed by atoms with Gasteiger partial charge in [-0.15, -0.1) is 0 Å². The van der Waals surface area contributed by atoms with Crippen molar-refractivity contribution in [3.63, 3.8) is 0 Å². The van der Waals surface area contributed by atoms with E-state index in [1.54, 1.807) is 18.3 Å². The second kappa shape index (κ2) is 7.04. The molecule has 0 unspecified atom stereocenters. The summed E-state index contributed by atoms with van der Waals surface area (Å²) in [7, 11) is 0. The lowest BCUT2D eigenvalue weighted by Gasteiger charge is -2.26. The topological polar surface area (TPSA) is 34.1 Å². The molecule has 1 aromatic heterocycles. The van der Waals surface area contributed by atoms with Gasteiger partial charge in [0.2, 0.25) is 0 Å². The van der Waals surface area contributed by atoms with Gasteiger partial charge in [0.25, 0.3) is 0 Å². The molecule has 0 bridgehead atoms. The van der Waals surface area contributed by atoms with Crippen LogP contribution in [0.25, 0.3) is 0 Å². The minimum Gasteiger partial charge on any atom is -0.483 e. The lowest BCUT2D eigenvalue weighted by molar-refractivity contribution is 0.143. The van der Waals surface area contributed by atoms with E-state index in [1.165, 1.54) is 12.3 Å². The van der Waals surface area contributed by atoms with Gasteiger partial charge in [-0.05, 0) is 43.7 Å². The number of ether oxygens (including phenoxy) is 1. The summed E-state index contributed by atoms with van der Waals surface area (Å²) in [4.78, 5) is 3.95. The quantitative estimate of drug-likeness (QED) is 0.873. The summed E-state index contributed by atoms with van der Waals surface area (Å²) in [6, 6.07) is 4.92. The summed E-state index contributed by atoms with van der Waals surface area (Å²) < 4.78 is 19.8. The van der Waals surface area contributed by atoms with Crippen LogP contribution >= 0.6 is 23.2 Å². The molecule has 0 aliphatic carbocycles. The van der Waals surface area contributed by atoms with Gasteiger partial charge in [0.05, 0.1) is 11.2 Å². The number of halogens is 3. The molecule has 1 N–H and O–H groups in total. The van der Waals surface area contributed by atoms with E-state index >= 15 is 0 Å². The number of nitrogens with one attached hydrogen (secondary N) is 1. The van der Waals surface area contributed by atoms with E-state index in [9.17, 15) is 4.39 Å². The molecule has 23 heavy (non-hydrogen) atoms. The molecular weight excluding hydrogens is 338 g/mol. The minimum absolute atomic E-state index is 0.227. The van der Waals surface area contributed by atoms with E-state index in [4.69, 9.17) is 27.9 Å². The van der Waals surface area contributed by atoms with Gasteiger partial charge in [0.1, 0.15) is 17.7 Å². The molecule has 6 heteroatoms. The number of hydrogen-bond acceptors (Lipinski definition) is 3. The fraction of sp³-hybridized carbons (Fsp3) is 0.353. The Kier molecular flexibility index (Phi) is 5.05. The number of hydrogen-bond donors (Lipinski definition) is 1. The maximum absolute atomic E-state index is 13.6. The highest BCUT2D eigenvalue weighted by Gasteiger charge is 2.29. The Hall–Kier alpha value is -1.36. The van der Waals surface area contributed by atoms with Crippen LogP contribution in [0.3, 0.4) is 0 Å². The van der Waals surface area contributed by atoms with Crippen LogP contribution in [-0.4, -0.2) is 18.1 Å². The van der Waals surface area contributed by atoms with Gasteiger partial charge in [-0.1, -0.05) is 23.2 Å². The third-order valence-electron chi connectivity index (χ3n) is 4.02. The Labute approximate surface area is 144 Å². The zero-order valence-electron chi connectivity index (χ0n) is 12.7. The van der Waals surface area contributed by atoms with E-state index in [0.29, 0.717) is 21.4 Å². The van der Waals surface area contributed by atoms with Crippen molar-refractivity contribution in [3.05, 3.63) is 57.6 Å². The molecule has 2 aromatic rings. The third kappa shape index (κ3) is 3.77. The summed E-state index contributed by atoms with van der Waals surface area (Å²) in [6.07, 6.45) is 3.47. The Morgan fingerprint density at radius 3 is 2.78 bits per heavy atom. The van der Waals surface area contributed by atoms with Gasteiger partial charge in [0, 0.05) is 29.2 Å². The Bertz CT molecular complexity index is 682. The molecule has 1 fully saturated rings. The van der Waals surface area contributed by atoms with Crippen LogP contribution in [0.4, 0.5) is 4.39 Å². The second-order valence-electron chi connectivity index (χ2n) is 5.76. The van der Waals surface area contributed by atoms with E-state index in [0.717, 1.165) is 25.1 Å². The van der Waals surface area contributed by atoms with E-state index in [2.05, 4.69) is 10.3 Å². The molecule has 0 spiro atoms. The van der Waals surface area contributed by atoms with Crippen molar-refractivity contribution in [1.82, 2.24) is 10.3 Å². The molecule has 3 nitrogen and oxygen atoms in total. The molecule has 1 aromatic carbocycles. The molecular formula is C17H17Cl2FN2O. The van der Waals surface area contributed by atoms with Gasteiger partial charge < -0.3 is 10.1 Å². The third-order valence-corrected chi connectivity index (χ3v) is 4.52. The number of benzene rings is 1. The SMILES string of the molecule is Cc1cc(Cl)cc(Cl)c1O[C@H](c1cncc(F)c1)[C@@H]1CCNC1. The minimum atomic E-state index is -0.374. The smallest absolute Gasteiger partial charge is 0.141 e. The molecule has 1 aliphatic heterocycles. The molecule has 1 aliphatic rings. The molecule has 0 saturated carbocycles. The van der Waals surface area contributed by atoms with E-state index in [1.807, 2.05) is 6.92 Å². The number of pyridine rings is 1. The van der Waals surface area contributed by atoms with Gasteiger partial charge in [-0.2, -0.15) is 0 Å². The van der Waals surface area contributed by atoms with Crippen molar-refractivity contribution in [3.8, 4) is 5.75 Å². The van der Waals surface area contributed by atoms with Crippen LogP contribution in [0, 0.1) is 18.7 Å². The van der Waals surface area contributed by atoms with E-state index < -0.39 is 0 Å². The number of nitrogens with zero attached hydrogens (tertiary/aromatic N) is 1. The summed E-state index contributed by atoms with van der Waals surface area (Å²) in [5.74, 6) is 0.433. The van der Waals surface area contributed by atoms with Crippen molar-refractivity contribution in [2.45, 2.75) is 19.4 Å². The molecule has 2 atom stereocenters. The number of rotatable bonds is 4. The fourth-order valence-corrected chi connectivity index (χ4v) is 3.56. The lowest BCUT2D eigenvalue weighted by Crippen LogP contribution is -2.22. The lowest BCUT2D eigenvalue weighted by atomic mass is 9.95. The Morgan fingerprint density at radius 2 is 2.13 bits per heavy atom. The predicted octanol–water partition coefficient (Wildman–Crippen LogP) is 4.57. The maximum Gasteiger partial charge on any atom is 0.141 e. The predicted molar refractivity (Wildman–Crippen MR) is 89.7 cm³/mol. The standard InChI is InChI=1S/C17H17Cl2FN2O/c1-10-4-13(18)6-15(19)16(10)23-17(11-2-3-21-7-11)12-5-14(20)9-22-8-12/h4-6,8-9,11,17,21H,2-3,7H2,1H3/t11-,17+/m1/s1. The first-order valence-electron chi connectivity index (χ1n) is 7.48. The summed E-state index contributed by atoms with van der Waals surface area (Å²) in [5.41, 5.74) is 1.56. The highest BCUT2D eigenvalue weighted by atomic mass is 35.5. The molecule has 0 amide bonds. The first-order valence-corrected chi connectivity index (χ1v) is 8.23. The van der Waals surface area contributed by atoms with Crippen LogP contribution in [0.5, 0.6) is 5.75 Å². The van der Waals surface area contributed by atoms with Crippen molar-refractivity contribution < 1.29 is 9.13 Å². The van der Waals surface area contributed by atoms with Crippen LogP contribution < -0.4 is 10.1 Å². The zero-order chi connectivity index (χ0) is 16.4. The Balaban J connectivity index is 1.96. The van der Waals surface area contributed by atoms with Crippen LogP contribution in [-0.2, 0) is 0 Å². The molecule has 2 heterocycles. The molecule has 1 saturated heterocycles. The van der Waals surface area contributed by atoms with Gasteiger partial charge in [-0.3, -0.25) is 4.98 Å². The van der Waals surface area contributed by atoms with Crippen molar-refractivity contribution in [2.75, 3.05) is 13.1 Å². The largest absolute Gasteiger partial charge is 0.483 e. The highest BCUT2D eigenvalue weighted by molar-refractivity contribution is 6.35. The first-order chi connectivity index (χ1) is 11.0. The van der Waals surface area contributed by atoms with Gasteiger partial charge in [0.15, 0.2) is 0 Å². The van der Waals surface area contributed by atoms with Crippen LogP contribution in [0.15, 0.2) is 30.6 Å². The van der Waals surface area contributed by atoms with Crippen molar-refractivity contribution in [2.24, 2.45) is 5.92 Å². The van der Waals surface area contributed by atoms with E-state index in [-0.39, 0.29) is 17.8 Å². The highest BCUT2D eigenvalue weighted by Crippen LogP contribution is 2.38. The zero-order valence-corrected chi connectivity index (χ0v) is 14.2. The summed E-state index contributed by atoms with van der Waals surface area (Å²) >= 11 is 12.3. The summed E-state index contributed by atoms with van der Waals surface area (Å²) in [5, 5.41) is 4.33. The fourth-order valence-electron chi connectivity index (χ4n) is 2.92. The van der Waals surface area contributed by atoms with Crippen LogP contribution in [0.1, 0.15) is 23.7 Å². The average molecular weight is 355 g/mol. The number of aryl methyl sites for hydroxylation is 1.